The van der Waals surface area contributed by atoms with Crippen molar-refractivity contribution in [2.75, 3.05) is 20.5 Å². The molecule has 0 aromatic heterocycles. The Morgan fingerprint density at radius 2 is 2.12 bits per heavy atom. The Kier molecular flexibility index (Phi) is 6.93. The van der Waals surface area contributed by atoms with E-state index >= 15 is 0 Å². The van der Waals surface area contributed by atoms with Crippen LogP contribution in [0.5, 0.6) is 0 Å². The zero-order valence-electron chi connectivity index (χ0n) is 15.8. The van der Waals surface area contributed by atoms with Crippen LogP contribution in [0.25, 0.3) is 0 Å². The van der Waals surface area contributed by atoms with Crippen molar-refractivity contribution in [1.82, 2.24) is 4.90 Å². The van der Waals surface area contributed by atoms with Gasteiger partial charge in [0.2, 0.25) is 0 Å². The van der Waals surface area contributed by atoms with Gasteiger partial charge in [0.25, 0.3) is 0 Å². The molecule has 1 saturated heterocycles. The van der Waals surface area contributed by atoms with Gasteiger partial charge in [-0.3, -0.25) is 0 Å². The SMILES string of the molecule is COCOC[C@H]1CCC[C@@]2(CCC[Se]c3ccccc3)C=C(C)C(=O)N12. The van der Waals surface area contributed by atoms with Gasteiger partial charge in [-0.25, -0.2) is 0 Å². The zero-order valence-corrected chi connectivity index (χ0v) is 17.5. The Balaban J connectivity index is 1.61. The van der Waals surface area contributed by atoms with Crippen LogP contribution in [0.4, 0.5) is 0 Å². The van der Waals surface area contributed by atoms with Crippen molar-refractivity contribution in [3.05, 3.63) is 42.0 Å². The Morgan fingerprint density at radius 3 is 2.88 bits per heavy atom. The number of hydrogen-bond donors (Lipinski definition) is 0. The van der Waals surface area contributed by atoms with Crippen molar-refractivity contribution >= 4 is 25.3 Å². The molecule has 2 heterocycles. The van der Waals surface area contributed by atoms with Crippen molar-refractivity contribution in [1.29, 1.82) is 0 Å². The van der Waals surface area contributed by atoms with Gasteiger partial charge in [0.15, 0.2) is 0 Å². The van der Waals surface area contributed by atoms with Crippen molar-refractivity contribution in [2.45, 2.75) is 55.9 Å². The number of carbonyl (C=O) groups excluding carboxylic acids is 1. The Labute approximate surface area is 163 Å². The summed E-state index contributed by atoms with van der Waals surface area (Å²) < 4.78 is 12.1. The monoisotopic (exact) mass is 423 g/mol. The third-order valence-electron chi connectivity index (χ3n) is 5.31. The van der Waals surface area contributed by atoms with Crippen molar-refractivity contribution in [3.8, 4) is 0 Å². The first kappa shape index (κ1) is 19.6. The van der Waals surface area contributed by atoms with Crippen LogP contribution in [0.1, 0.15) is 39.0 Å². The van der Waals surface area contributed by atoms with Gasteiger partial charge >= 0.3 is 163 Å². The fourth-order valence-electron chi connectivity index (χ4n) is 4.25. The van der Waals surface area contributed by atoms with Gasteiger partial charge in [0, 0.05) is 0 Å². The van der Waals surface area contributed by atoms with Gasteiger partial charge in [-0.1, -0.05) is 0 Å². The van der Waals surface area contributed by atoms with E-state index in [-0.39, 0.29) is 24.3 Å². The predicted molar refractivity (Wildman–Crippen MR) is 105 cm³/mol. The molecule has 0 spiro atoms. The molecule has 2 aliphatic rings. The molecule has 4 nitrogen and oxygen atoms in total. The summed E-state index contributed by atoms with van der Waals surface area (Å²) in [7, 11) is 1.63. The van der Waals surface area contributed by atoms with Crippen LogP contribution in [-0.4, -0.2) is 57.9 Å². The Hall–Kier alpha value is -1.13. The summed E-state index contributed by atoms with van der Waals surface area (Å²) in [5, 5.41) is 1.22. The summed E-state index contributed by atoms with van der Waals surface area (Å²) in [5.41, 5.74) is 0.810. The molecule has 0 bridgehead atoms. The van der Waals surface area contributed by atoms with Crippen LogP contribution in [0.3, 0.4) is 0 Å². The topological polar surface area (TPSA) is 38.8 Å². The van der Waals surface area contributed by atoms with Gasteiger partial charge in [0.05, 0.1) is 0 Å². The molecule has 5 heteroatoms. The van der Waals surface area contributed by atoms with Crippen LogP contribution in [0.2, 0.25) is 5.32 Å². The molecule has 1 aromatic rings. The number of ether oxygens (including phenoxy) is 2. The van der Waals surface area contributed by atoms with Crippen LogP contribution in [-0.2, 0) is 14.3 Å². The fourth-order valence-corrected chi connectivity index (χ4v) is 6.08. The van der Waals surface area contributed by atoms with Crippen molar-refractivity contribution in [3.63, 3.8) is 0 Å². The second-order valence-corrected chi connectivity index (χ2v) is 9.65. The van der Waals surface area contributed by atoms with Gasteiger partial charge in [-0.05, 0) is 0 Å². The van der Waals surface area contributed by atoms with E-state index in [2.05, 4.69) is 41.3 Å². The van der Waals surface area contributed by atoms with Gasteiger partial charge in [-0.15, -0.1) is 0 Å². The zero-order chi connectivity index (χ0) is 18.4. The van der Waals surface area contributed by atoms with E-state index in [0.717, 1.165) is 37.7 Å². The molecule has 0 unspecified atom stereocenters. The van der Waals surface area contributed by atoms with E-state index in [9.17, 15) is 4.79 Å². The molecule has 142 valence electrons. The quantitative estimate of drug-likeness (QED) is 0.349. The molecule has 2 atom stereocenters. The number of rotatable bonds is 9. The standard InChI is InChI=1S/C21H29NO3Se/c1-17-14-21(12-7-13-26-19-9-4-3-5-10-19)11-6-8-18(15-25-16-24-2)22(21)20(17)23/h3-5,9-10,14,18H,6-8,11-13,15-16H2,1-2H3/t18-,21-/m1/s1. The number of carbonyl (C=O) groups is 1. The molecule has 26 heavy (non-hydrogen) atoms. The number of hydrogen-bond acceptors (Lipinski definition) is 3. The maximum atomic E-state index is 12.8. The number of fused-ring (bicyclic) bond motifs is 1. The normalized spacial score (nSPS) is 25.3. The minimum absolute atomic E-state index is 0.0900. The van der Waals surface area contributed by atoms with Crippen molar-refractivity contribution < 1.29 is 14.3 Å². The van der Waals surface area contributed by atoms with E-state index in [1.165, 1.54) is 9.78 Å². The number of nitrogens with zero attached hydrogens (tertiary/aromatic N) is 1. The molecule has 1 aromatic carbocycles. The average Bonchev–Trinajstić information content (AvgIpc) is 2.91. The molecule has 0 N–H and O–H groups in total. The molecular weight excluding hydrogens is 393 g/mol. The molecular formula is C21H29NO3Se. The van der Waals surface area contributed by atoms with Gasteiger partial charge in [-0.2, -0.15) is 0 Å². The summed E-state index contributed by atoms with van der Waals surface area (Å²) in [4.78, 5) is 15.0. The molecule has 0 radical (unpaired) electrons. The van der Waals surface area contributed by atoms with E-state index < -0.39 is 0 Å². The molecule has 3 rings (SSSR count). The third-order valence-corrected chi connectivity index (χ3v) is 7.61. The van der Waals surface area contributed by atoms with Gasteiger partial charge < -0.3 is 0 Å². The molecule has 1 fully saturated rings. The first-order valence-electron chi connectivity index (χ1n) is 9.44. The second-order valence-electron chi connectivity index (χ2n) is 7.19. The van der Waals surface area contributed by atoms with Gasteiger partial charge in [0.1, 0.15) is 0 Å². The van der Waals surface area contributed by atoms with E-state index in [0.29, 0.717) is 21.6 Å². The van der Waals surface area contributed by atoms with Crippen LogP contribution in [0.15, 0.2) is 42.0 Å². The fraction of sp³-hybridized carbons (Fsp3) is 0.571. The summed E-state index contributed by atoms with van der Waals surface area (Å²) in [6.07, 6.45) is 7.72. The predicted octanol–water partition coefficient (Wildman–Crippen LogP) is 2.91. The van der Waals surface area contributed by atoms with E-state index in [1.807, 2.05) is 6.92 Å². The van der Waals surface area contributed by atoms with E-state index in [4.69, 9.17) is 9.47 Å². The number of amides is 1. The number of methoxy groups -OCH3 is 1. The Bertz CT molecular complexity index is 633. The summed E-state index contributed by atoms with van der Waals surface area (Å²) >= 11 is 0.514. The maximum absolute atomic E-state index is 12.8. The summed E-state index contributed by atoms with van der Waals surface area (Å²) in [6.45, 7) is 2.82. The molecule has 0 aliphatic carbocycles. The third kappa shape index (κ3) is 4.40. The average molecular weight is 422 g/mol. The molecule has 1 amide bonds. The minimum atomic E-state index is -0.0900. The Morgan fingerprint density at radius 1 is 1.31 bits per heavy atom. The molecule has 2 aliphatic heterocycles. The first-order valence-corrected chi connectivity index (χ1v) is 11.5. The molecule has 0 saturated carbocycles. The van der Waals surface area contributed by atoms with E-state index in [1.54, 1.807) is 7.11 Å². The first-order chi connectivity index (χ1) is 12.7. The van der Waals surface area contributed by atoms with Crippen molar-refractivity contribution in [2.24, 2.45) is 0 Å². The number of benzene rings is 1. The number of piperidine rings is 1. The second kappa shape index (κ2) is 9.18. The summed E-state index contributed by atoms with van der Waals surface area (Å²) in [5.74, 6) is 0.198. The van der Waals surface area contributed by atoms with Crippen LogP contribution >= 0.6 is 0 Å². The summed E-state index contributed by atoms with van der Waals surface area (Å²) in [6, 6.07) is 10.9. The van der Waals surface area contributed by atoms with Crippen LogP contribution in [0, 0.1) is 0 Å². The van der Waals surface area contributed by atoms with Crippen LogP contribution < -0.4 is 4.46 Å².